The van der Waals surface area contributed by atoms with Crippen molar-refractivity contribution in [3.8, 4) is 11.1 Å². The molecule has 4 fully saturated rings. The highest BCUT2D eigenvalue weighted by Crippen LogP contribution is 2.63. The normalized spacial score (nSPS) is 28.2. The first-order chi connectivity index (χ1) is 18.8. The highest BCUT2D eigenvalue weighted by Gasteiger charge is 2.72. The smallest absolute Gasteiger partial charge is 0.234 e. The van der Waals surface area contributed by atoms with E-state index < -0.39 is 0 Å². The molecular weight excluding hydrogens is 528 g/mol. The number of hydrogen-bond donors (Lipinski definition) is 1. The molecule has 3 atom stereocenters. The molecule has 2 amide bonds. The van der Waals surface area contributed by atoms with Crippen molar-refractivity contribution >= 4 is 50.7 Å². The van der Waals surface area contributed by atoms with Crippen LogP contribution in [-0.2, 0) is 22.6 Å². The molecule has 8 heteroatoms. The van der Waals surface area contributed by atoms with E-state index in [0.717, 1.165) is 51.6 Å². The molecule has 1 N–H and O–H groups in total. The number of piperidine rings is 1. The summed E-state index contributed by atoms with van der Waals surface area (Å²) in [4.78, 5) is 35.8. The maximum Gasteiger partial charge on any atom is 0.234 e. The number of carbonyl (C=O) groups excluding carboxylic acids is 2. The number of hydrogen-bond acceptors (Lipinski definition) is 6. The van der Waals surface area contributed by atoms with Crippen LogP contribution in [0.15, 0.2) is 30.5 Å². The van der Waals surface area contributed by atoms with Gasteiger partial charge in [0.2, 0.25) is 11.8 Å². The van der Waals surface area contributed by atoms with E-state index in [2.05, 4.69) is 39.5 Å². The van der Waals surface area contributed by atoms with Gasteiger partial charge >= 0.3 is 0 Å². The molecule has 202 valence electrons. The number of pyridine rings is 1. The second-order valence-corrected chi connectivity index (χ2v) is 14.5. The molecular formula is C31H33ClN4O2S. The molecule has 3 unspecified atom stereocenters. The van der Waals surface area contributed by atoms with E-state index in [4.69, 9.17) is 11.6 Å². The monoisotopic (exact) mass is 560 g/mol. The van der Waals surface area contributed by atoms with Crippen molar-refractivity contribution in [1.29, 1.82) is 0 Å². The van der Waals surface area contributed by atoms with Crippen molar-refractivity contribution in [3.63, 3.8) is 0 Å². The zero-order valence-electron chi connectivity index (χ0n) is 22.4. The molecule has 3 aromatic rings. The van der Waals surface area contributed by atoms with Crippen molar-refractivity contribution in [2.75, 3.05) is 18.0 Å². The van der Waals surface area contributed by atoms with Crippen LogP contribution in [0, 0.1) is 17.3 Å². The van der Waals surface area contributed by atoms with E-state index in [0.29, 0.717) is 18.1 Å². The average Bonchev–Trinajstić information content (AvgIpc) is 3.30. The summed E-state index contributed by atoms with van der Waals surface area (Å²) in [5, 5.41) is 4.63. The largest absolute Gasteiger partial charge is 0.366 e. The highest BCUT2D eigenvalue weighted by atomic mass is 35.5. The molecule has 2 saturated heterocycles. The summed E-state index contributed by atoms with van der Waals surface area (Å²) in [6, 6.07) is 8.92. The van der Waals surface area contributed by atoms with Gasteiger partial charge in [0.15, 0.2) is 0 Å². The first-order valence-electron chi connectivity index (χ1n) is 14.3. The number of benzene rings is 1. The van der Waals surface area contributed by atoms with Gasteiger partial charge in [-0.2, -0.15) is 0 Å². The SMILES string of the molecule is CC1(C)C2C(=O)N(Cc3cc4nccc(-c5cc(Cl)cc6c5N(C5CNC7(CCC7)C5)CCC6)c4s3)C(=O)C21. The van der Waals surface area contributed by atoms with Gasteiger partial charge in [-0.3, -0.25) is 19.5 Å². The van der Waals surface area contributed by atoms with Crippen LogP contribution < -0.4 is 10.2 Å². The molecule has 3 aliphatic heterocycles. The zero-order chi connectivity index (χ0) is 26.7. The van der Waals surface area contributed by atoms with Gasteiger partial charge < -0.3 is 10.2 Å². The molecule has 5 aliphatic rings. The van der Waals surface area contributed by atoms with Crippen LogP contribution in [0.5, 0.6) is 0 Å². The van der Waals surface area contributed by atoms with E-state index in [1.807, 2.05) is 20.0 Å². The third-order valence-electron chi connectivity index (χ3n) is 10.3. The predicted octanol–water partition coefficient (Wildman–Crippen LogP) is 5.79. The average molecular weight is 561 g/mol. The lowest BCUT2D eigenvalue weighted by Gasteiger charge is -2.41. The molecule has 0 radical (unpaired) electrons. The summed E-state index contributed by atoms with van der Waals surface area (Å²) in [7, 11) is 0. The maximum absolute atomic E-state index is 13.0. The van der Waals surface area contributed by atoms with Crippen LogP contribution in [0.2, 0.25) is 5.02 Å². The first kappa shape index (κ1) is 24.3. The van der Waals surface area contributed by atoms with Crippen molar-refractivity contribution in [2.24, 2.45) is 17.3 Å². The van der Waals surface area contributed by atoms with Crippen LogP contribution in [0.25, 0.3) is 21.3 Å². The summed E-state index contributed by atoms with van der Waals surface area (Å²) in [6.45, 7) is 6.47. The highest BCUT2D eigenvalue weighted by molar-refractivity contribution is 7.19. The van der Waals surface area contributed by atoms with Gasteiger partial charge in [-0.1, -0.05) is 25.4 Å². The van der Waals surface area contributed by atoms with Crippen molar-refractivity contribution in [1.82, 2.24) is 15.2 Å². The molecule has 5 heterocycles. The number of thiophene rings is 1. The molecule has 8 rings (SSSR count). The van der Waals surface area contributed by atoms with E-state index in [9.17, 15) is 9.59 Å². The predicted molar refractivity (Wildman–Crippen MR) is 155 cm³/mol. The molecule has 2 aromatic heterocycles. The van der Waals surface area contributed by atoms with Crippen LogP contribution >= 0.6 is 22.9 Å². The molecule has 2 saturated carbocycles. The lowest BCUT2D eigenvalue weighted by molar-refractivity contribution is -0.143. The number of carbonyl (C=O) groups is 2. The minimum absolute atomic E-state index is 0.0189. The van der Waals surface area contributed by atoms with Gasteiger partial charge in [0.05, 0.1) is 28.6 Å². The fraction of sp³-hybridized carbons (Fsp3) is 0.516. The lowest BCUT2D eigenvalue weighted by Crippen LogP contribution is -2.46. The van der Waals surface area contributed by atoms with Crippen molar-refractivity contribution in [2.45, 2.75) is 70.5 Å². The second kappa shape index (κ2) is 8.27. The Kier molecular flexibility index (Phi) is 5.16. The Morgan fingerprint density at radius 2 is 1.90 bits per heavy atom. The molecule has 1 spiro atoms. The van der Waals surface area contributed by atoms with Gasteiger partial charge in [-0.05, 0) is 73.8 Å². The number of nitrogens with one attached hydrogen (secondary N) is 1. The van der Waals surface area contributed by atoms with E-state index in [1.165, 1.54) is 47.4 Å². The number of likely N-dealkylation sites (tertiary alicyclic amines) is 1. The van der Waals surface area contributed by atoms with E-state index in [-0.39, 0.29) is 29.1 Å². The van der Waals surface area contributed by atoms with Crippen LogP contribution in [-0.4, -0.2) is 46.4 Å². The third kappa shape index (κ3) is 3.52. The zero-order valence-corrected chi connectivity index (χ0v) is 24.0. The van der Waals surface area contributed by atoms with E-state index >= 15 is 0 Å². The number of amides is 2. The Hall–Kier alpha value is -2.48. The number of halogens is 1. The van der Waals surface area contributed by atoms with Crippen molar-refractivity contribution in [3.05, 3.63) is 45.9 Å². The molecule has 39 heavy (non-hydrogen) atoms. The lowest BCUT2D eigenvalue weighted by atomic mass is 9.75. The number of rotatable bonds is 4. The summed E-state index contributed by atoms with van der Waals surface area (Å²) < 4.78 is 1.09. The van der Waals surface area contributed by atoms with E-state index in [1.54, 1.807) is 11.3 Å². The summed E-state index contributed by atoms with van der Waals surface area (Å²) in [6.07, 6.45) is 9.18. The number of fused-ring (bicyclic) bond motifs is 3. The quantitative estimate of drug-likeness (QED) is 0.409. The summed E-state index contributed by atoms with van der Waals surface area (Å²) in [5.74, 6) is -0.341. The van der Waals surface area contributed by atoms with Crippen LogP contribution in [0.3, 0.4) is 0 Å². The van der Waals surface area contributed by atoms with Crippen LogP contribution in [0.1, 0.15) is 56.4 Å². The molecule has 0 bridgehead atoms. The fourth-order valence-electron chi connectivity index (χ4n) is 8.04. The Bertz CT molecular complexity index is 1540. The molecule has 6 nitrogen and oxygen atoms in total. The van der Waals surface area contributed by atoms with Gasteiger partial charge in [0.25, 0.3) is 0 Å². The van der Waals surface area contributed by atoms with Gasteiger partial charge in [-0.25, -0.2) is 0 Å². The standard InChI is InChI=1S/C31H33ClN4O2S/c1-30(2)24-25(30)29(38)36(28(24)37)16-20-13-23-27(39-20)21(6-9-33-23)22-12-18(32)11-17-5-3-10-35(26(17)22)19-14-31(34-15-19)7-4-8-31/h6,9,11-13,19,24-25,34H,3-5,7-8,10,14-16H2,1-2H3. The minimum Gasteiger partial charge on any atom is -0.366 e. The van der Waals surface area contributed by atoms with Gasteiger partial charge in [0, 0.05) is 57.6 Å². The van der Waals surface area contributed by atoms with Crippen molar-refractivity contribution < 1.29 is 9.59 Å². The van der Waals surface area contributed by atoms with Gasteiger partial charge in [0.1, 0.15) is 0 Å². The number of imide groups is 1. The topological polar surface area (TPSA) is 65.5 Å². The Morgan fingerprint density at radius 1 is 1.10 bits per heavy atom. The Labute approximate surface area is 237 Å². The number of nitrogens with zero attached hydrogens (tertiary/aromatic N) is 3. The fourth-order valence-corrected chi connectivity index (χ4v) is 9.41. The summed E-state index contributed by atoms with van der Waals surface area (Å²) >= 11 is 8.38. The Morgan fingerprint density at radius 3 is 2.62 bits per heavy atom. The van der Waals surface area contributed by atoms with Crippen LogP contribution in [0.4, 0.5) is 5.69 Å². The third-order valence-corrected chi connectivity index (χ3v) is 11.7. The first-order valence-corrected chi connectivity index (χ1v) is 15.5. The second-order valence-electron chi connectivity index (χ2n) is 13.0. The number of aryl methyl sites for hydroxylation is 1. The maximum atomic E-state index is 13.0. The number of anilines is 1. The molecule has 1 aromatic carbocycles. The Balaban J connectivity index is 1.17. The van der Waals surface area contributed by atoms with Gasteiger partial charge in [-0.15, -0.1) is 11.3 Å². The minimum atomic E-state index is -0.190. The molecule has 2 aliphatic carbocycles. The number of aromatic nitrogens is 1. The summed E-state index contributed by atoms with van der Waals surface area (Å²) in [5.41, 5.74) is 6.02.